The van der Waals surface area contributed by atoms with E-state index in [1.807, 2.05) is 5.32 Å². The standard InChI is InChI=1S/C10H11Cl2NO2S.ClH/c11-8-2-1-3-9(12)10(8)13-7-4-5-16(14,15)6-7;/h1-3,7,13H,4-6H2;1H. The third-order valence-corrected chi connectivity index (χ3v) is 5.12. The van der Waals surface area contributed by atoms with E-state index in [2.05, 4.69) is 0 Å². The molecule has 0 aliphatic carbocycles. The molecule has 2 N–H and O–H groups in total. The quantitative estimate of drug-likeness (QED) is 0.667. The molecule has 1 heterocycles. The predicted molar refractivity (Wildman–Crippen MR) is 65.1 cm³/mol. The highest BCUT2D eigenvalue weighted by Crippen LogP contribution is 2.26. The molecular formula is C10H12Cl3NO2S. The first-order chi connectivity index (χ1) is 7.48. The van der Waals surface area contributed by atoms with Crippen LogP contribution in [0.4, 0.5) is 5.69 Å². The summed E-state index contributed by atoms with van der Waals surface area (Å²) in [6.07, 6.45) is 0.657. The fraction of sp³-hybridized carbons (Fsp3) is 0.400. The number of para-hydroxylation sites is 1. The van der Waals surface area contributed by atoms with Crippen LogP contribution in [0.3, 0.4) is 0 Å². The average Bonchev–Trinajstić information content (AvgIpc) is 2.52. The Balaban J connectivity index is 0.00000144. The van der Waals surface area contributed by atoms with Gasteiger partial charge < -0.3 is 17.7 Å². The molecule has 17 heavy (non-hydrogen) atoms. The van der Waals surface area contributed by atoms with Crippen LogP contribution in [0, 0.1) is 0 Å². The molecule has 1 aliphatic rings. The third-order valence-electron chi connectivity index (χ3n) is 2.67. The molecule has 0 saturated carbocycles. The zero-order valence-electron chi connectivity index (χ0n) is 8.87. The Kier molecular flexibility index (Phi) is 5.10. The summed E-state index contributed by atoms with van der Waals surface area (Å²) in [4.78, 5) is 0. The molecule has 96 valence electrons. The highest BCUT2D eigenvalue weighted by molar-refractivity contribution is 7.91. The van der Waals surface area contributed by atoms with Crippen molar-refractivity contribution in [3.8, 4) is 0 Å². The number of halogens is 3. The molecule has 0 aromatic heterocycles. The molecule has 0 bridgehead atoms. The van der Waals surface area contributed by atoms with Crippen LogP contribution in [0.15, 0.2) is 18.2 Å². The van der Waals surface area contributed by atoms with E-state index < -0.39 is 9.84 Å². The maximum Gasteiger partial charge on any atom is 0.167 e. The molecule has 1 fully saturated rings. The summed E-state index contributed by atoms with van der Waals surface area (Å²) in [6, 6.07) is 5.31. The first-order valence-corrected chi connectivity index (χ1v) is 7.55. The van der Waals surface area contributed by atoms with Crippen molar-refractivity contribution in [2.75, 3.05) is 11.5 Å². The van der Waals surface area contributed by atoms with Crippen LogP contribution in [-0.2, 0) is 9.84 Å². The molecule has 0 amide bonds. The van der Waals surface area contributed by atoms with Crippen molar-refractivity contribution in [1.29, 1.82) is 0 Å². The van der Waals surface area contributed by atoms with Crippen molar-refractivity contribution in [3.05, 3.63) is 28.2 Å². The molecule has 1 aromatic carbocycles. The van der Waals surface area contributed by atoms with Crippen molar-refractivity contribution in [1.82, 2.24) is 0 Å². The van der Waals surface area contributed by atoms with Crippen LogP contribution in [0.1, 0.15) is 6.42 Å². The van der Waals surface area contributed by atoms with Crippen molar-refractivity contribution in [2.24, 2.45) is 0 Å². The van der Waals surface area contributed by atoms with Gasteiger partial charge in [-0.2, -0.15) is 0 Å². The van der Waals surface area contributed by atoms with Crippen LogP contribution in [0.25, 0.3) is 0 Å². The Bertz CT molecular complexity index is 484. The number of sulfone groups is 1. The molecule has 0 spiro atoms. The third kappa shape index (κ3) is 3.73. The average molecular weight is 317 g/mol. The first kappa shape index (κ1) is 15.1. The minimum Gasteiger partial charge on any atom is -1.00 e. The van der Waals surface area contributed by atoms with E-state index in [0.717, 1.165) is 5.69 Å². The lowest BCUT2D eigenvalue weighted by Crippen LogP contribution is -3.00. The van der Waals surface area contributed by atoms with E-state index in [0.29, 0.717) is 16.5 Å². The van der Waals surface area contributed by atoms with Gasteiger partial charge in [0.1, 0.15) is 21.8 Å². The summed E-state index contributed by atoms with van der Waals surface area (Å²) in [7, 11) is -2.86. The summed E-state index contributed by atoms with van der Waals surface area (Å²) in [5.41, 5.74) is 0.743. The Morgan fingerprint density at radius 3 is 2.29 bits per heavy atom. The SMILES string of the molecule is O=S1(=O)CCC([NH2+]c2c(Cl)cccc2Cl)C1.[Cl-]. The number of nitrogens with two attached hydrogens (primary N) is 1. The topological polar surface area (TPSA) is 50.8 Å². The Hall–Kier alpha value is -0.000000000000000111. The lowest BCUT2D eigenvalue weighted by molar-refractivity contribution is -0.604. The summed E-state index contributed by atoms with van der Waals surface area (Å²) in [5, 5.41) is 3.00. The molecule has 7 heteroatoms. The second kappa shape index (κ2) is 5.76. The van der Waals surface area contributed by atoms with Crippen molar-refractivity contribution in [3.63, 3.8) is 0 Å². The zero-order chi connectivity index (χ0) is 11.8. The fourth-order valence-corrected chi connectivity index (χ4v) is 4.13. The van der Waals surface area contributed by atoms with Gasteiger partial charge in [-0.1, -0.05) is 29.3 Å². The normalized spacial score (nSPS) is 22.1. The molecule has 1 atom stereocenters. The number of hydrogen-bond acceptors (Lipinski definition) is 2. The van der Waals surface area contributed by atoms with E-state index in [1.165, 1.54) is 0 Å². The van der Waals surface area contributed by atoms with Crippen molar-refractivity contribution in [2.45, 2.75) is 12.5 Å². The highest BCUT2D eigenvalue weighted by atomic mass is 35.5. The maximum absolute atomic E-state index is 11.3. The molecule has 3 nitrogen and oxygen atoms in total. The largest absolute Gasteiger partial charge is 1.00 e. The summed E-state index contributed by atoms with van der Waals surface area (Å²) >= 11 is 12.0. The fourth-order valence-electron chi connectivity index (χ4n) is 1.86. The maximum atomic E-state index is 11.3. The number of benzene rings is 1. The van der Waals surface area contributed by atoms with Gasteiger partial charge in [-0.25, -0.2) is 8.42 Å². The second-order valence-electron chi connectivity index (χ2n) is 3.97. The molecule has 1 aromatic rings. The van der Waals surface area contributed by atoms with E-state index in [9.17, 15) is 8.42 Å². The van der Waals surface area contributed by atoms with E-state index in [1.54, 1.807) is 18.2 Å². The minimum atomic E-state index is -2.86. The van der Waals surface area contributed by atoms with Gasteiger partial charge in [0.15, 0.2) is 15.5 Å². The van der Waals surface area contributed by atoms with Crippen LogP contribution < -0.4 is 17.7 Å². The molecule has 1 unspecified atom stereocenters. The molecule has 0 radical (unpaired) electrons. The van der Waals surface area contributed by atoms with Gasteiger partial charge in [0, 0.05) is 6.42 Å². The van der Waals surface area contributed by atoms with Gasteiger partial charge in [-0.15, -0.1) is 0 Å². The Morgan fingerprint density at radius 1 is 1.24 bits per heavy atom. The van der Waals surface area contributed by atoms with Crippen LogP contribution in [0.5, 0.6) is 0 Å². The summed E-state index contributed by atoms with van der Waals surface area (Å²) < 4.78 is 22.6. The highest BCUT2D eigenvalue weighted by Gasteiger charge is 2.31. The number of hydrogen-bond donors (Lipinski definition) is 1. The van der Waals surface area contributed by atoms with Crippen LogP contribution in [-0.4, -0.2) is 26.0 Å². The van der Waals surface area contributed by atoms with Gasteiger partial charge in [0.25, 0.3) is 0 Å². The van der Waals surface area contributed by atoms with Gasteiger partial charge in [0.05, 0.1) is 5.75 Å². The van der Waals surface area contributed by atoms with Crippen LogP contribution >= 0.6 is 23.2 Å². The molecular weight excluding hydrogens is 305 g/mol. The minimum absolute atomic E-state index is 0. The van der Waals surface area contributed by atoms with Gasteiger partial charge in [-0.3, -0.25) is 0 Å². The molecule has 2 rings (SSSR count). The zero-order valence-corrected chi connectivity index (χ0v) is 12.0. The van der Waals surface area contributed by atoms with Gasteiger partial charge >= 0.3 is 0 Å². The molecule has 1 aliphatic heterocycles. The number of rotatable bonds is 2. The monoisotopic (exact) mass is 315 g/mol. The lowest BCUT2D eigenvalue weighted by atomic mass is 10.2. The smallest absolute Gasteiger partial charge is 0.167 e. The molecule has 1 saturated heterocycles. The van der Waals surface area contributed by atoms with E-state index in [-0.39, 0.29) is 30.0 Å². The van der Waals surface area contributed by atoms with Crippen LogP contribution in [0.2, 0.25) is 10.0 Å². The number of quaternary nitrogens is 1. The van der Waals surface area contributed by atoms with E-state index >= 15 is 0 Å². The van der Waals surface area contributed by atoms with Gasteiger partial charge in [-0.05, 0) is 12.1 Å². The van der Waals surface area contributed by atoms with Gasteiger partial charge in [0.2, 0.25) is 0 Å². The summed E-state index contributed by atoms with van der Waals surface area (Å²) in [5.74, 6) is 0.463. The lowest BCUT2D eigenvalue weighted by Gasteiger charge is -2.09. The predicted octanol–water partition coefficient (Wildman–Crippen LogP) is -1.62. The first-order valence-electron chi connectivity index (χ1n) is 4.97. The van der Waals surface area contributed by atoms with Crippen molar-refractivity contribution >= 4 is 38.7 Å². The summed E-state index contributed by atoms with van der Waals surface area (Å²) in [6.45, 7) is 0. The Morgan fingerprint density at radius 2 is 1.82 bits per heavy atom. The Labute approximate surface area is 117 Å². The van der Waals surface area contributed by atoms with Crippen molar-refractivity contribution < 1.29 is 26.1 Å². The van der Waals surface area contributed by atoms with E-state index in [4.69, 9.17) is 23.2 Å². The second-order valence-corrected chi connectivity index (χ2v) is 7.01.